The normalized spacial score (nSPS) is 16.5. The van der Waals surface area contributed by atoms with Crippen LogP contribution < -0.4 is 10.2 Å². The third-order valence-corrected chi connectivity index (χ3v) is 5.18. The van der Waals surface area contributed by atoms with Crippen molar-refractivity contribution in [3.8, 4) is 0 Å². The lowest BCUT2D eigenvalue weighted by Gasteiger charge is -2.38. The van der Waals surface area contributed by atoms with Crippen molar-refractivity contribution in [1.82, 2.24) is 20.2 Å². The number of aromatic nitrogens is 2. The number of piperazine rings is 1. The number of carbonyl (C=O) groups is 1. The maximum atomic E-state index is 12.3. The van der Waals surface area contributed by atoms with E-state index in [1.54, 1.807) is 13.4 Å². The molecule has 1 amide bonds. The molecule has 1 atom stereocenters. The van der Waals surface area contributed by atoms with Gasteiger partial charge in [0.25, 0.3) is 0 Å². The molecule has 1 N–H and O–H groups in total. The van der Waals surface area contributed by atoms with Gasteiger partial charge in [0.15, 0.2) is 0 Å². The third kappa shape index (κ3) is 4.86. The molecule has 146 valence electrons. The molecule has 1 aromatic carbocycles. The Bertz CT molecular complexity index is 780. The number of hydrogen-bond acceptors (Lipinski definition) is 6. The van der Waals surface area contributed by atoms with Crippen molar-refractivity contribution in [1.29, 1.82) is 0 Å². The lowest BCUT2D eigenvalue weighted by atomic mass is 10.2. The van der Waals surface area contributed by atoms with Gasteiger partial charge < -0.3 is 15.0 Å². The highest BCUT2D eigenvalue weighted by Gasteiger charge is 2.26. The summed E-state index contributed by atoms with van der Waals surface area (Å²) in [5.74, 6) is 0.995. The van der Waals surface area contributed by atoms with Crippen LogP contribution in [-0.2, 0) is 9.53 Å². The summed E-state index contributed by atoms with van der Waals surface area (Å²) in [7, 11) is 1.67. The topological polar surface area (TPSA) is 70.6 Å². The highest BCUT2D eigenvalue weighted by atomic mass is 35.5. The van der Waals surface area contributed by atoms with Crippen molar-refractivity contribution in [3.05, 3.63) is 29.5 Å². The summed E-state index contributed by atoms with van der Waals surface area (Å²) in [6, 6.07) is 5.54. The minimum atomic E-state index is -0.143. The second-order valence-electron chi connectivity index (χ2n) is 6.70. The van der Waals surface area contributed by atoms with E-state index in [2.05, 4.69) is 25.1 Å². The van der Waals surface area contributed by atoms with Crippen molar-refractivity contribution in [2.24, 2.45) is 0 Å². The number of rotatable bonds is 7. The van der Waals surface area contributed by atoms with Gasteiger partial charge in [0.2, 0.25) is 5.91 Å². The molecule has 0 spiro atoms. The number of ether oxygens (including phenoxy) is 1. The molecule has 1 fully saturated rings. The van der Waals surface area contributed by atoms with E-state index in [-0.39, 0.29) is 11.9 Å². The van der Waals surface area contributed by atoms with Crippen LogP contribution in [0.4, 0.5) is 5.82 Å². The van der Waals surface area contributed by atoms with Crippen molar-refractivity contribution in [2.45, 2.75) is 19.4 Å². The molecule has 0 saturated carbocycles. The number of hydrogen-bond donors (Lipinski definition) is 1. The van der Waals surface area contributed by atoms with Gasteiger partial charge >= 0.3 is 0 Å². The van der Waals surface area contributed by atoms with Gasteiger partial charge in [0.05, 0.1) is 11.6 Å². The second kappa shape index (κ2) is 9.30. The quantitative estimate of drug-likeness (QED) is 0.727. The molecular weight excluding hydrogens is 366 g/mol. The van der Waals surface area contributed by atoms with Crippen molar-refractivity contribution >= 4 is 34.2 Å². The zero-order chi connectivity index (χ0) is 19.2. The van der Waals surface area contributed by atoms with Crippen LogP contribution in [0, 0.1) is 0 Å². The minimum Gasteiger partial charge on any atom is -0.385 e. The molecule has 7 nitrogen and oxygen atoms in total. The van der Waals surface area contributed by atoms with Crippen LogP contribution in [0.5, 0.6) is 0 Å². The fourth-order valence-corrected chi connectivity index (χ4v) is 3.50. The Morgan fingerprint density at radius 1 is 1.30 bits per heavy atom. The number of benzene rings is 1. The highest BCUT2D eigenvalue weighted by Crippen LogP contribution is 2.26. The maximum Gasteiger partial charge on any atom is 0.237 e. The molecule has 0 bridgehead atoms. The van der Waals surface area contributed by atoms with E-state index in [0.717, 1.165) is 49.3 Å². The fraction of sp³-hybridized carbons (Fsp3) is 0.526. The predicted molar refractivity (Wildman–Crippen MR) is 107 cm³/mol. The smallest absolute Gasteiger partial charge is 0.237 e. The number of fused-ring (bicyclic) bond motifs is 1. The van der Waals surface area contributed by atoms with Gasteiger partial charge in [0, 0.05) is 56.8 Å². The number of halogens is 1. The van der Waals surface area contributed by atoms with E-state index in [4.69, 9.17) is 16.3 Å². The van der Waals surface area contributed by atoms with E-state index in [0.29, 0.717) is 18.2 Å². The van der Waals surface area contributed by atoms with Crippen LogP contribution in [-0.4, -0.2) is 73.3 Å². The number of amides is 1. The molecule has 1 aliphatic heterocycles. The lowest BCUT2D eigenvalue weighted by Crippen LogP contribution is -2.54. The highest BCUT2D eigenvalue weighted by molar-refractivity contribution is 6.31. The SMILES string of the molecule is COCCCNC(=O)C(C)N1CCN(c2ncnc3cc(Cl)ccc23)CC1. The third-order valence-electron chi connectivity index (χ3n) is 4.94. The molecule has 2 heterocycles. The molecule has 0 aliphatic carbocycles. The van der Waals surface area contributed by atoms with Crippen LogP contribution >= 0.6 is 11.6 Å². The largest absolute Gasteiger partial charge is 0.385 e. The number of carbonyl (C=O) groups excluding carboxylic acids is 1. The summed E-state index contributed by atoms with van der Waals surface area (Å²) in [6.07, 6.45) is 2.41. The molecular formula is C19H26ClN5O2. The van der Waals surface area contributed by atoms with Crippen molar-refractivity contribution in [3.63, 3.8) is 0 Å². The van der Waals surface area contributed by atoms with E-state index < -0.39 is 0 Å². The summed E-state index contributed by atoms with van der Waals surface area (Å²) < 4.78 is 5.01. The van der Waals surface area contributed by atoms with E-state index in [1.807, 2.05) is 25.1 Å². The minimum absolute atomic E-state index is 0.0710. The molecule has 1 aromatic heterocycles. The van der Waals surface area contributed by atoms with Gasteiger partial charge in [-0.1, -0.05) is 11.6 Å². The Kier molecular flexibility index (Phi) is 6.82. The summed E-state index contributed by atoms with van der Waals surface area (Å²) in [5.41, 5.74) is 0.846. The van der Waals surface area contributed by atoms with Crippen LogP contribution in [0.3, 0.4) is 0 Å². The molecule has 1 unspecified atom stereocenters. The van der Waals surface area contributed by atoms with Gasteiger partial charge in [-0.25, -0.2) is 9.97 Å². The standard InChI is InChI=1S/C19H26ClN5O2/c1-14(19(26)21-6-3-11-27-2)24-7-9-25(10-8-24)18-16-5-4-15(20)12-17(16)22-13-23-18/h4-5,12-14H,3,6-11H2,1-2H3,(H,21,26). The molecule has 8 heteroatoms. The Hall–Kier alpha value is -1.96. The monoisotopic (exact) mass is 391 g/mol. The van der Waals surface area contributed by atoms with Crippen molar-refractivity contribution in [2.75, 3.05) is 51.3 Å². The molecule has 2 aromatic rings. The van der Waals surface area contributed by atoms with Gasteiger partial charge in [-0.2, -0.15) is 0 Å². The zero-order valence-electron chi connectivity index (χ0n) is 15.8. The van der Waals surface area contributed by atoms with Crippen LogP contribution in [0.2, 0.25) is 5.02 Å². The Morgan fingerprint density at radius 2 is 2.07 bits per heavy atom. The van der Waals surface area contributed by atoms with E-state index in [1.165, 1.54) is 0 Å². The van der Waals surface area contributed by atoms with Gasteiger partial charge in [-0.15, -0.1) is 0 Å². The molecule has 0 radical (unpaired) electrons. The van der Waals surface area contributed by atoms with E-state index >= 15 is 0 Å². The van der Waals surface area contributed by atoms with Crippen LogP contribution in [0.1, 0.15) is 13.3 Å². The first-order valence-electron chi connectivity index (χ1n) is 9.26. The molecule has 3 rings (SSSR count). The number of anilines is 1. The number of nitrogens with zero attached hydrogens (tertiary/aromatic N) is 4. The van der Waals surface area contributed by atoms with E-state index in [9.17, 15) is 4.79 Å². The predicted octanol–water partition coefficient (Wildman–Crippen LogP) is 1.95. The summed E-state index contributed by atoms with van der Waals surface area (Å²) in [4.78, 5) is 25.6. The Morgan fingerprint density at radius 3 is 2.81 bits per heavy atom. The molecule has 1 aliphatic rings. The van der Waals surface area contributed by atoms with Gasteiger partial charge in [0.1, 0.15) is 12.1 Å². The summed E-state index contributed by atoms with van der Waals surface area (Å²) in [5, 5.41) is 4.65. The Balaban J connectivity index is 1.58. The Labute approximate surface area is 164 Å². The average molecular weight is 392 g/mol. The van der Waals surface area contributed by atoms with Crippen molar-refractivity contribution < 1.29 is 9.53 Å². The van der Waals surface area contributed by atoms with Gasteiger partial charge in [-0.3, -0.25) is 9.69 Å². The zero-order valence-corrected chi connectivity index (χ0v) is 16.6. The number of methoxy groups -OCH3 is 1. The average Bonchev–Trinajstić information content (AvgIpc) is 2.70. The molecule has 1 saturated heterocycles. The maximum absolute atomic E-state index is 12.3. The molecule has 27 heavy (non-hydrogen) atoms. The second-order valence-corrected chi connectivity index (χ2v) is 7.13. The fourth-order valence-electron chi connectivity index (χ4n) is 3.33. The lowest BCUT2D eigenvalue weighted by molar-refractivity contribution is -0.126. The summed E-state index contributed by atoms with van der Waals surface area (Å²) >= 11 is 6.07. The van der Waals surface area contributed by atoms with Gasteiger partial charge in [-0.05, 0) is 31.5 Å². The van der Waals surface area contributed by atoms with Crippen LogP contribution in [0.25, 0.3) is 10.9 Å². The summed E-state index contributed by atoms with van der Waals surface area (Å²) in [6.45, 7) is 6.52. The number of nitrogens with one attached hydrogen (secondary N) is 1. The van der Waals surface area contributed by atoms with Crippen LogP contribution in [0.15, 0.2) is 24.5 Å². The first-order valence-corrected chi connectivity index (χ1v) is 9.64. The first kappa shape index (κ1) is 19.8. The first-order chi connectivity index (χ1) is 13.1.